The first-order valence-corrected chi connectivity index (χ1v) is 16.1. The van der Waals surface area contributed by atoms with Crippen LogP contribution in [0.25, 0.3) is 32.9 Å². The quantitative estimate of drug-likeness (QED) is 0.324. The molecule has 9 rings (SSSR count). The van der Waals surface area contributed by atoms with Crippen LogP contribution in [0.4, 0.5) is 10.2 Å². The van der Waals surface area contributed by atoms with Crippen molar-refractivity contribution in [3.05, 3.63) is 47.9 Å². The highest BCUT2D eigenvalue weighted by atomic mass is 19.1. The number of anilines is 1. The lowest BCUT2D eigenvalue weighted by molar-refractivity contribution is 0.0582. The van der Waals surface area contributed by atoms with E-state index in [1.54, 1.807) is 12.3 Å². The van der Waals surface area contributed by atoms with E-state index in [9.17, 15) is 5.11 Å². The summed E-state index contributed by atoms with van der Waals surface area (Å²) < 4.78 is 29.2. The molecule has 9 nitrogen and oxygen atoms in total. The first kappa shape index (κ1) is 27.3. The molecule has 2 aromatic carbocycles. The Labute approximate surface area is 260 Å². The van der Waals surface area contributed by atoms with Crippen molar-refractivity contribution < 1.29 is 19.0 Å². The molecule has 230 valence electrons. The second kappa shape index (κ2) is 10.2. The lowest BCUT2D eigenvalue weighted by Gasteiger charge is -2.35. The zero-order chi connectivity index (χ0) is 30.3. The predicted molar refractivity (Wildman–Crippen MR) is 169 cm³/mol. The molecule has 0 radical (unpaired) electrons. The summed E-state index contributed by atoms with van der Waals surface area (Å²) in [7, 11) is 0. The van der Waals surface area contributed by atoms with E-state index in [0.717, 1.165) is 65.0 Å². The molecule has 7 heterocycles. The van der Waals surface area contributed by atoms with Crippen molar-refractivity contribution in [2.45, 2.75) is 55.8 Å². The van der Waals surface area contributed by atoms with Gasteiger partial charge in [-0.25, -0.2) is 4.39 Å². The van der Waals surface area contributed by atoms with E-state index in [4.69, 9.17) is 25.9 Å². The zero-order valence-corrected chi connectivity index (χ0v) is 25.0. The summed E-state index contributed by atoms with van der Waals surface area (Å²) in [5, 5.41) is 16.2. The van der Waals surface area contributed by atoms with Crippen molar-refractivity contribution in [1.82, 2.24) is 25.2 Å². The Morgan fingerprint density at radius 1 is 1.18 bits per heavy atom. The summed E-state index contributed by atoms with van der Waals surface area (Å²) in [5.74, 6) is 3.29. The van der Waals surface area contributed by atoms with Gasteiger partial charge in [0.2, 0.25) is 0 Å². The minimum atomic E-state index is -0.592. The van der Waals surface area contributed by atoms with E-state index < -0.39 is 5.82 Å². The number of fused-ring (bicyclic) bond motifs is 7. The molecule has 0 unspecified atom stereocenters. The number of aromatic nitrogens is 3. The normalized spacial score (nSPS) is 28.9. The lowest BCUT2D eigenvalue weighted by atomic mass is 9.90. The average molecular weight is 607 g/mol. The smallest absolute Gasteiger partial charge is 0.319 e. The molecular formula is C35H35FN6O3. The molecule has 45 heavy (non-hydrogen) atoms. The summed E-state index contributed by atoms with van der Waals surface area (Å²) in [6, 6.07) is 9.96. The first-order chi connectivity index (χ1) is 22.0. The van der Waals surface area contributed by atoms with E-state index in [1.807, 2.05) is 18.2 Å². The Bertz CT molecular complexity index is 1880. The molecule has 4 aromatic rings. The van der Waals surface area contributed by atoms with Crippen molar-refractivity contribution in [2.75, 3.05) is 44.4 Å². The van der Waals surface area contributed by atoms with Crippen LogP contribution in [0, 0.1) is 24.1 Å². The maximum atomic E-state index is 16.9. The summed E-state index contributed by atoms with van der Waals surface area (Å²) in [4.78, 5) is 19.1. The van der Waals surface area contributed by atoms with Crippen LogP contribution in [0.15, 0.2) is 36.5 Å². The largest absolute Gasteiger partial charge is 0.508 e. The lowest BCUT2D eigenvalue weighted by Crippen LogP contribution is -2.51. The fourth-order valence-corrected chi connectivity index (χ4v) is 8.93. The first-order valence-electron chi connectivity index (χ1n) is 16.1. The average Bonchev–Trinajstić information content (AvgIpc) is 3.81. The molecule has 0 spiro atoms. The molecule has 2 bridgehead atoms. The van der Waals surface area contributed by atoms with Gasteiger partial charge in [-0.1, -0.05) is 18.1 Å². The number of pyridine rings is 1. The number of aromatic hydroxyl groups is 1. The van der Waals surface area contributed by atoms with Gasteiger partial charge in [-0.05, 0) is 62.2 Å². The minimum Gasteiger partial charge on any atom is -0.508 e. The van der Waals surface area contributed by atoms with Crippen LogP contribution in [0.5, 0.6) is 11.8 Å². The maximum absolute atomic E-state index is 16.9. The van der Waals surface area contributed by atoms with Gasteiger partial charge < -0.3 is 24.8 Å². The molecule has 5 atom stereocenters. The maximum Gasteiger partial charge on any atom is 0.319 e. The van der Waals surface area contributed by atoms with Crippen LogP contribution in [0.2, 0.25) is 0 Å². The summed E-state index contributed by atoms with van der Waals surface area (Å²) in [5.41, 5.74) is 1.17. The number of hydrogen-bond donors (Lipinski definition) is 2. The number of rotatable bonds is 5. The van der Waals surface area contributed by atoms with Gasteiger partial charge in [0.25, 0.3) is 0 Å². The van der Waals surface area contributed by atoms with Crippen LogP contribution in [0.3, 0.4) is 0 Å². The summed E-state index contributed by atoms with van der Waals surface area (Å²) in [6.45, 7) is 4.63. The van der Waals surface area contributed by atoms with Crippen molar-refractivity contribution in [3.63, 3.8) is 0 Å². The molecule has 2 aromatic heterocycles. The van der Waals surface area contributed by atoms with Gasteiger partial charge in [-0.3, -0.25) is 9.88 Å². The van der Waals surface area contributed by atoms with Crippen LogP contribution < -0.4 is 15.0 Å². The van der Waals surface area contributed by atoms with Gasteiger partial charge in [0, 0.05) is 59.8 Å². The zero-order valence-electron chi connectivity index (χ0n) is 25.0. The van der Waals surface area contributed by atoms with Crippen molar-refractivity contribution in [3.8, 4) is 35.4 Å². The third kappa shape index (κ3) is 4.28. The highest BCUT2D eigenvalue weighted by molar-refractivity contribution is 6.02. The molecule has 0 aliphatic carbocycles. The number of piperazine rings is 1. The van der Waals surface area contributed by atoms with Crippen molar-refractivity contribution in [2.24, 2.45) is 5.92 Å². The number of hydrogen-bond acceptors (Lipinski definition) is 9. The monoisotopic (exact) mass is 606 g/mol. The number of phenolic OH excluding ortho intramolecular Hbond substituents is 1. The van der Waals surface area contributed by atoms with E-state index in [1.165, 1.54) is 6.07 Å². The summed E-state index contributed by atoms with van der Waals surface area (Å²) >= 11 is 0. The van der Waals surface area contributed by atoms with Gasteiger partial charge in [0.05, 0.1) is 24.1 Å². The molecule has 10 heteroatoms. The molecule has 2 N–H and O–H groups in total. The second-order valence-corrected chi connectivity index (χ2v) is 13.5. The van der Waals surface area contributed by atoms with E-state index in [-0.39, 0.29) is 28.5 Å². The van der Waals surface area contributed by atoms with Gasteiger partial charge in [-0.2, -0.15) is 9.97 Å². The molecule has 5 fully saturated rings. The molecule has 5 aliphatic heterocycles. The SMILES string of the molecule is C#Cc1cccc2cc(O)cc(-c3ncc4c(N5C[C@H]6CC[C@@H](C5)N6)nc(OC[C@@]56CCCN5[C@@H]5COC[C@@H]5C6)nc4c3F)c12. The molecule has 0 saturated carbocycles. The number of nitrogens with zero attached hydrogens (tertiary/aromatic N) is 5. The van der Waals surface area contributed by atoms with E-state index in [0.29, 0.717) is 63.8 Å². The molecular weight excluding hydrogens is 571 g/mol. The number of nitrogens with one attached hydrogen (secondary N) is 1. The molecule has 5 saturated heterocycles. The van der Waals surface area contributed by atoms with Crippen LogP contribution in [-0.2, 0) is 4.74 Å². The Morgan fingerprint density at radius 2 is 2.04 bits per heavy atom. The fraction of sp³-hybridized carbons (Fsp3) is 0.457. The van der Waals surface area contributed by atoms with Gasteiger partial charge in [-0.15, -0.1) is 6.42 Å². The van der Waals surface area contributed by atoms with Crippen LogP contribution >= 0.6 is 0 Å². The van der Waals surface area contributed by atoms with Crippen molar-refractivity contribution >= 4 is 27.5 Å². The van der Waals surface area contributed by atoms with Gasteiger partial charge >= 0.3 is 6.01 Å². The highest BCUT2D eigenvalue weighted by Crippen LogP contribution is 2.48. The standard InChI is InChI=1S/C35H35FN6O3/c1-2-20-5-3-6-21-11-25(43)12-26(29(20)21)31-30(36)32-27(14-37-31)33(41-15-23-7-8-24(16-41)38-23)40-34(39-32)45-19-35-9-4-10-42(35)28-18-44-17-22(28)13-35/h1,3,5-6,11-12,14,22-24,28,38,43H,4,7-10,13,15-19H2/t22-,23-,24+,28+,35-/m0/s1. The highest BCUT2D eigenvalue weighted by Gasteiger charge is 2.56. The third-order valence-electron chi connectivity index (χ3n) is 10.9. The number of phenols is 1. The fourth-order valence-electron chi connectivity index (χ4n) is 8.93. The number of terminal acetylenes is 1. The van der Waals surface area contributed by atoms with Gasteiger partial charge in [0.15, 0.2) is 5.82 Å². The number of benzene rings is 2. The van der Waals surface area contributed by atoms with Gasteiger partial charge in [0.1, 0.15) is 29.4 Å². The van der Waals surface area contributed by atoms with E-state index in [2.05, 4.69) is 26.0 Å². The Hall–Kier alpha value is -4.04. The van der Waals surface area contributed by atoms with E-state index >= 15 is 4.39 Å². The number of halogens is 1. The topological polar surface area (TPSA) is 95.9 Å². The van der Waals surface area contributed by atoms with Crippen LogP contribution in [-0.4, -0.2) is 88.1 Å². The minimum absolute atomic E-state index is 0.00348. The second-order valence-electron chi connectivity index (χ2n) is 13.5. The Balaban J connectivity index is 1.16. The molecule has 5 aliphatic rings. The predicted octanol–water partition coefficient (Wildman–Crippen LogP) is 4.24. The number of ether oxygens (including phenoxy) is 2. The van der Waals surface area contributed by atoms with Crippen LogP contribution in [0.1, 0.15) is 37.7 Å². The molecule has 0 amide bonds. The Morgan fingerprint density at radius 3 is 2.89 bits per heavy atom. The summed E-state index contributed by atoms with van der Waals surface area (Å²) in [6.07, 6.45) is 12.9. The van der Waals surface area contributed by atoms with Crippen molar-refractivity contribution in [1.29, 1.82) is 0 Å². The Kier molecular flexibility index (Phi) is 6.21. The third-order valence-corrected chi connectivity index (χ3v) is 10.9.